The molecule has 0 aliphatic carbocycles. The van der Waals surface area contributed by atoms with Crippen molar-refractivity contribution in [2.45, 2.75) is 37.8 Å². The first-order valence-electron chi connectivity index (χ1n) is 10.0. The Morgan fingerprint density at radius 3 is 2.63 bits per heavy atom. The highest BCUT2D eigenvalue weighted by Crippen LogP contribution is 2.24. The van der Waals surface area contributed by atoms with Gasteiger partial charge >= 0.3 is 5.97 Å². The van der Waals surface area contributed by atoms with Crippen LogP contribution in [0.5, 0.6) is 5.75 Å². The van der Waals surface area contributed by atoms with E-state index in [1.165, 1.54) is 19.2 Å². The number of carboxylic acid groups (broad SMARTS) is 1. The van der Waals surface area contributed by atoms with E-state index >= 15 is 0 Å². The van der Waals surface area contributed by atoms with Crippen LogP contribution in [-0.2, 0) is 22.6 Å². The van der Waals surface area contributed by atoms with Crippen LogP contribution in [0.2, 0.25) is 0 Å². The van der Waals surface area contributed by atoms with Crippen molar-refractivity contribution in [3.63, 3.8) is 0 Å². The van der Waals surface area contributed by atoms with Crippen LogP contribution in [0, 0.1) is 5.82 Å². The van der Waals surface area contributed by atoms with E-state index in [0.29, 0.717) is 31.4 Å². The molecular weight excluding hydrogens is 387 g/mol. The van der Waals surface area contributed by atoms with Crippen LogP contribution in [0.25, 0.3) is 0 Å². The number of hydrogen-bond donors (Lipinski definition) is 2. The summed E-state index contributed by atoms with van der Waals surface area (Å²) in [6.07, 6.45) is 1.47. The van der Waals surface area contributed by atoms with E-state index in [2.05, 4.69) is 10.2 Å². The minimum Gasteiger partial charge on any atom is -0.494 e. The summed E-state index contributed by atoms with van der Waals surface area (Å²) in [6.45, 7) is 1.67. The fourth-order valence-corrected chi connectivity index (χ4v) is 3.90. The first-order valence-corrected chi connectivity index (χ1v) is 10.0. The number of nitrogens with zero attached hydrogens (tertiary/aromatic N) is 1. The number of halogens is 1. The van der Waals surface area contributed by atoms with Gasteiger partial charge in [0.25, 0.3) is 0 Å². The van der Waals surface area contributed by atoms with Gasteiger partial charge in [0, 0.05) is 19.5 Å². The van der Waals surface area contributed by atoms with Gasteiger partial charge in [0.2, 0.25) is 5.91 Å². The van der Waals surface area contributed by atoms with Gasteiger partial charge in [-0.2, -0.15) is 0 Å². The zero-order chi connectivity index (χ0) is 21.6. The average molecular weight is 414 g/mol. The Morgan fingerprint density at radius 1 is 1.20 bits per heavy atom. The maximum absolute atomic E-state index is 13.8. The number of piperidine rings is 1. The number of aliphatic carboxylic acids is 1. The number of carboxylic acids is 1. The second-order valence-electron chi connectivity index (χ2n) is 7.70. The lowest BCUT2D eigenvalue weighted by Crippen LogP contribution is -2.63. The number of ether oxygens (including phenoxy) is 1. The number of aryl methyl sites for hydroxylation is 1. The van der Waals surface area contributed by atoms with Crippen molar-refractivity contribution in [1.82, 2.24) is 10.2 Å². The second-order valence-corrected chi connectivity index (χ2v) is 7.70. The minimum absolute atomic E-state index is 0.0828. The van der Waals surface area contributed by atoms with Crippen molar-refractivity contribution < 1.29 is 23.8 Å². The minimum atomic E-state index is -1.31. The second kappa shape index (κ2) is 9.71. The molecule has 2 aromatic carbocycles. The van der Waals surface area contributed by atoms with Gasteiger partial charge in [-0.3, -0.25) is 9.69 Å². The summed E-state index contributed by atoms with van der Waals surface area (Å²) in [4.78, 5) is 26.7. The summed E-state index contributed by atoms with van der Waals surface area (Å²) >= 11 is 0. The van der Waals surface area contributed by atoms with E-state index in [1.54, 1.807) is 6.07 Å². The highest BCUT2D eigenvalue weighted by molar-refractivity contribution is 5.87. The number of likely N-dealkylation sites (tertiary alicyclic amines) is 1. The van der Waals surface area contributed by atoms with Gasteiger partial charge in [-0.25, -0.2) is 9.18 Å². The van der Waals surface area contributed by atoms with Gasteiger partial charge in [-0.05, 0) is 49.1 Å². The molecule has 6 nitrogen and oxygen atoms in total. The molecule has 1 aliphatic rings. The summed E-state index contributed by atoms with van der Waals surface area (Å²) in [7, 11) is 1.39. The molecule has 0 saturated carbocycles. The lowest BCUT2D eigenvalue weighted by atomic mass is 9.88. The van der Waals surface area contributed by atoms with Crippen molar-refractivity contribution >= 4 is 11.9 Å². The standard InChI is InChI=1S/C23H27FN2O4/c1-30-20-10-8-17(14-19(20)24)9-11-21(27)25-23(22(28)29)12-5-13-26(16-23)15-18-6-3-2-4-7-18/h2-4,6-8,10,14H,5,9,11-13,15-16H2,1H3,(H,25,27)(H,28,29). The Bertz CT molecular complexity index is 890. The molecule has 0 spiro atoms. The maximum Gasteiger partial charge on any atom is 0.330 e. The molecular formula is C23H27FN2O4. The number of hydrogen-bond acceptors (Lipinski definition) is 4. The number of benzene rings is 2. The smallest absolute Gasteiger partial charge is 0.330 e. The van der Waals surface area contributed by atoms with E-state index in [9.17, 15) is 19.1 Å². The fourth-order valence-electron chi connectivity index (χ4n) is 3.90. The van der Waals surface area contributed by atoms with Gasteiger partial charge in [-0.15, -0.1) is 0 Å². The number of methoxy groups -OCH3 is 1. The van der Waals surface area contributed by atoms with Crippen molar-refractivity contribution in [1.29, 1.82) is 0 Å². The van der Waals surface area contributed by atoms with Crippen LogP contribution in [0.1, 0.15) is 30.4 Å². The molecule has 0 aromatic heterocycles. The van der Waals surface area contributed by atoms with Crippen molar-refractivity contribution in [2.24, 2.45) is 0 Å². The number of rotatable bonds is 8. The van der Waals surface area contributed by atoms with Gasteiger partial charge < -0.3 is 15.2 Å². The molecule has 1 amide bonds. The highest BCUT2D eigenvalue weighted by atomic mass is 19.1. The molecule has 7 heteroatoms. The molecule has 1 fully saturated rings. The molecule has 1 unspecified atom stereocenters. The van der Waals surface area contributed by atoms with Gasteiger partial charge in [-0.1, -0.05) is 36.4 Å². The molecule has 3 rings (SSSR count). The third-order valence-electron chi connectivity index (χ3n) is 5.47. The van der Waals surface area contributed by atoms with Crippen molar-refractivity contribution in [3.05, 3.63) is 65.5 Å². The Labute approximate surface area is 175 Å². The fraction of sp³-hybridized carbons (Fsp3) is 0.391. The topological polar surface area (TPSA) is 78.9 Å². The van der Waals surface area contributed by atoms with Gasteiger partial charge in [0.05, 0.1) is 7.11 Å². The van der Waals surface area contributed by atoms with Crippen LogP contribution < -0.4 is 10.1 Å². The molecule has 1 saturated heterocycles. The monoisotopic (exact) mass is 414 g/mol. The van der Waals surface area contributed by atoms with Crippen LogP contribution >= 0.6 is 0 Å². The lowest BCUT2D eigenvalue weighted by molar-refractivity contribution is -0.150. The summed E-state index contributed by atoms with van der Waals surface area (Å²) in [5.74, 6) is -1.71. The van der Waals surface area contributed by atoms with E-state index in [1.807, 2.05) is 30.3 Å². The van der Waals surface area contributed by atoms with E-state index < -0.39 is 17.3 Å². The van der Waals surface area contributed by atoms with E-state index in [4.69, 9.17) is 4.74 Å². The van der Waals surface area contributed by atoms with Gasteiger partial charge in [0.1, 0.15) is 0 Å². The molecule has 1 heterocycles. The largest absolute Gasteiger partial charge is 0.494 e. The molecule has 0 bridgehead atoms. The first kappa shape index (κ1) is 21.8. The van der Waals surface area contributed by atoms with E-state index in [-0.39, 0.29) is 24.6 Å². The molecule has 2 aromatic rings. The number of amides is 1. The normalized spacial score (nSPS) is 19.3. The lowest BCUT2D eigenvalue weighted by Gasteiger charge is -2.40. The van der Waals surface area contributed by atoms with E-state index in [0.717, 1.165) is 12.1 Å². The van der Waals surface area contributed by atoms with Crippen LogP contribution in [0.15, 0.2) is 48.5 Å². The van der Waals surface area contributed by atoms with Gasteiger partial charge in [0.15, 0.2) is 17.1 Å². The number of carbonyl (C=O) groups excluding carboxylic acids is 1. The third kappa shape index (κ3) is 5.36. The first-order chi connectivity index (χ1) is 14.4. The van der Waals surface area contributed by atoms with Crippen LogP contribution in [-0.4, -0.2) is 47.6 Å². The molecule has 1 atom stereocenters. The number of nitrogens with one attached hydrogen (secondary N) is 1. The third-order valence-corrected chi connectivity index (χ3v) is 5.47. The SMILES string of the molecule is COc1ccc(CCC(=O)NC2(C(=O)O)CCCN(Cc3ccccc3)C2)cc1F. The summed E-state index contributed by atoms with van der Waals surface area (Å²) in [5, 5.41) is 12.7. The summed E-state index contributed by atoms with van der Waals surface area (Å²) in [6, 6.07) is 14.4. The molecule has 1 aliphatic heterocycles. The Morgan fingerprint density at radius 2 is 1.97 bits per heavy atom. The van der Waals surface area contributed by atoms with Crippen LogP contribution in [0.3, 0.4) is 0 Å². The zero-order valence-corrected chi connectivity index (χ0v) is 17.1. The predicted octanol–water partition coefficient (Wildman–Crippen LogP) is 3.00. The van der Waals surface area contributed by atoms with Crippen molar-refractivity contribution in [2.75, 3.05) is 20.2 Å². The predicted molar refractivity (Wildman–Crippen MR) is 111 cm³/mol. The zero-order valence-electron chi connectivity index (χ0n) is 17.1. The quantitative estimate of drug-likeness (QED) is 0.694. The Kier molecular flexibility index (Phi) is 7.05. The summed E-state index contributed by atoms with van der Waals surface area (Å²) < 4.78 is 18.7. The van der Waals surface area contributed by atoms with Crippen LogP contribution in [0.4, 0.5) is 4.39 Å². The Hall–Kier alpha value is -2.93. The van der Waals surface area contributed by atoms with Crippen molar-refractivity contribution in [3.8, 4) is 5.75 Å². The molecule has 0 radical (unpaired) electrons. The maximum atomic E-state index is 13.8. The Balaban J connectivity index is 1.61. The molecule has 30 heavy (non-hydrogen) atoms. The highest BCUT2D eigenvalue weighted by Gasteiger charge is 2.43. The average Bonchev–Trinajstić information content (AvgIpc) is 2.73. The number of carbonyl (C=O) groups is 2. The summed E-state index contributed by atoms with van der Waals surface area (Å²) in [5.41, 5.74) is 0.448. The molecule has 2 N–H and O–H groups in total. The molecule has 160 valence electrons.